The van der Waals surface area contributed by atoms with Crippen molar-refractivity contribution >= 4 is 38.3 Å². The molecule has 8 heteroatoms. The summed E-state index contributed by atoms with van der Waals surface area (Å²) in [6, 6.07) is 6.98. The van der Waals surface area contributed by atoms with Crippen molar-refractivity contribution in [3.63, 3.8) is 0 Å². The first-order valence-electron chi connectivity index (χ1n) is 7.80. The fourth-order valence-corrected chi connectivity index (χ4v) is 3.70. The van der Waals surface area contributed by atoms with Crippen LogP contribution in [0, 0.1) is 0 Å². The normalized spacial score (nSPS) is 15.8. The summed E-state index contributed by atoms with van der Waals surface area (Å²) in [4.78, 5) is 17.9. The molecule has 0 unspecified atom stereocenters. The molecule has 1 aromatic carbocycles. The molecule has 1 aliphatic rings. The van der Waals surface area contributed by atoms with Crippen LogP contribution in [0.15, 0.2) is 30.6 Å². The highest BCUT2D eigenvalue weighted by Gasteiger charge is 2.19. The zero-order valence-corrected chi connectivity index (χ0v) is 14.1. The molecule has 1 aliphatic heterocycles. The lowest BCUT2D eigenvalue weighted by atomic mass is 10.3. The van der Waals surface area contributed by atoms with Crippen molar-refractivity contribution in [2.24, 2.45) is 0 Å². The highest BCUT2D eigenvalue weighted by Crippen LogP contribution is 2.33. The Morgan fingerprint density at radius 2 is 2.00 bits per heavy atom. The first-order chi connectivity index (χ1) is 11.7. The van der Waals surface area contributed by atoms with Crippen LogP contribution in [0.3, 0.4) is 0 Å². The molecule has 0 saturated carbocycles. The van der Waals surface area contributed by atoms with E-state index in [1.165, 1.54) is 6.33 Å². The molecule has 1 saturated heterocycles. The average Bonchev–Trinajstić information content (AvgIpc) is 3.01. The highest BCUT2D eigenvalue weighted by molar-refractivity contribution is 7.22. The number of hydrogen-bond acceptors (Lipinski definition) is 8. The lowest BCUT2D eigenvalue weighted by Crippen LogP contribution is -2.44. The minimum atomic E-state index is 0.215. The zero-order chi connectivity index (χ0) is 16.5. The Bertz CT molecular complexity index is 859. The maximum absolute atomic E-state index is 9.61. The Balaban J connectivity index is 1.65. The van der Waals surface area contributed by atoms with E-state index in [0.29, 0.717) is 11.5 Å². The number of thiazole rings is 1. The summed E-state index contributed by atoms with van der Waals surface area (Å²) < 4.78 is 0.926. The largest absolute Gasteiger partial charge is 0.508 e. The van der Waals surface area contributed by atoms with Crippen LogP contribution < -0.4 is 10.2 Å². The molecule has 4 rings (SSSR count). The summed E-state index contributed by atoms with van der Waals surface area (Å²) in [6.07, 6.45) is 1.51. The van der Waals surface area contributed by atoms with Gasteiger partial charge in [0.1, 0.15) is 16.8 Å². The molecule has 0 bridgehead atoms. The fraction of sp³-hybridized carbons (Fsp3) is 0.312. The van der Waals surface area contributed by atoms with Crippen LogP contribution >= 0.6 is 11.3 Å². The lowest BCUT2D eigenvalue weighted by molar-refractivity contribution is 0.313. The standard InChI is InChI=1S/C16H18N6OS/c1-21-5-7-22(8-6-21)16-20-15-13(24-16)14(17-10-18-15)19-11-3-2-4-12(23)9-11/h2-4,9-10,23H,5-8H2,1H3,(H,17,18,19). The van der Waals surface area contributed by atoms with Gasteiger partial charge in [0.25, 0.3) is 0 Å². The van der Waals surface area contributed by atoms with Crippen LogP contribution in [-0.4, -0.2) is 58.2 Å². The van der Waals surface area contributed by atoms with Crippen molar-refractivity contribution in [1.29, 1.82) is 0 Å². The third-order valence-electron chi connectivity index (χ3n) is 4.06. The first kappa shape index (κ1) is 15.1. The number of fused-ring (bicyclic) bond motifs is 1. The summed E-state index contributed by atoms with van der Waals surface area (Å²) in [6.45, 7) is 4.02. The Morgan fingerprint density at radius 1 is 1.17 bits per heavy atom. The smallest absolute Gasteiger partial charge is 0.188 e. The van der Waals surface area contributed by atoms with Gasteiger partial charge in [0.2, 0.25) is 0 Å². The van der Waals surface area contributed by atoms with Crippen LogP contribution in [0.4, 0.5) is 16.6 Å². The van der Waals surface area contributed by atoms with E-state index in [9.17, 15) is 5.11 Å². The van der Waals surface area contributed by atoms with Gasteiger partial charge in [-0.3, -0.25) is 0 Å². The maximum Gasteiger partial charge on any atom is 0.188 e. The lowest BCUT2D eigenvalue weighted by Gasteiger charge is -2.31. The molecule has 24 heavy (non-hydrogen) atoms. The van der Waals surface area contributed by atoms with Crippen molar-refractivity contribution in [2.75, 3.05) is 43.4 Å². The Kier molecular flexibility index (Phi) is 3.91. The molecule has 0 spiro atoms. The number of aromatic nitrogens is 3. The monoisotopic (exact) mass is 342 g/mol. The molecular formula is C16H18N6OS. The summed E-state index contributed by atoms with van der Waals surface area (Å²) in [7, 11) is 2.14. The summed E-state index contributed by atoms with van der Waals surface area (Å²) in [5, 5.41) is 13.8. The number of anilines is 3. The number of nitrogens with one attached hydrogen (secondary N) is 1. The minimum absolute atomic E-state index is 0.215. The van der Waals surface area contributed by atoms with E-state index in [2.05, 4.69) is 37.1 Å². The molecule has 0 aliphatic carbocycles. The summed E-state index contributed by atoms with van der Waals surface area (Å²) >= 11 is 1.60. The third kappa shape index (κ3) is 2.98. The van der Waals surface area contributed by atoms with Crippen molar-refractivity contribution in [3.05, 3.63) is 30.6 Å². The number of rotatable bonds is 3. The quantitative estimate of drug-likeness (QED) is 0.756. The number of hydrogen-bond donors (Lipinski definition) is 2. The SMILES string of the molecule is CN1CCN(c2nc3ncnc(Nc4cccc(O)c4)c3s2)CC1. The van der Waals surface area contributed by atoms with Crippen molar-refractivity contribution in [2.45, 2.75) is 0 Å². The molecule has 124 valence electrons. The van der Waals surface area contributed by atoms with Gasteiger partial charge in [0, 0.05) is 37.9 Å². The second-order valence-electron chi connectivity index (χ2n) is 5.84. The Hall–Kier alpha value is -2.45. The molecule has 0 atom stereocenters. The van der Waals surface area contributed by atoms with E-state index in [-0.39, 0.29) is 5.75 Å². The number of phenols is 1. The highest BCUT2D eigenvalue weighted by atomic mass is 32.1. The Morgan fingerprint density at radius 3 is 2.79 bits per heavy atom. The van der Waals surface area contributed by atoms with E-state index < -0.39 is 0 Å². The van der Waals surface area contributed by atoms with Gasteiger partial charge in [-0.05, 0) is 19.2 Å². The van der Waals surface area contributed by atoms with Gasteiger partial charge in [0.05, 0.1) is 0 Å². The summed E-state index contributed by atoms with van der Waals surface area (Å²) in [5.74, 6) is 0.927. The van der Waals surface area contributed by atoms with Crippen LogP contribution in [0.25, 0.3) is 10.3 Å². The van der Waals surface area contributed by atoms with Crippen LogP contribution in [0.1, 0.15) is 0 Å². The predicted molar refractivity (Wildman–Crippen MR) is 96.3 cm³/mol. The van der Waals surface area contributed by atoms with Gasteiger partial charge in [-0.25, -0.2) is 9.97 Å². The molecule has 7 nitrogen and oxygen atoms in total. The van der Waals surface area contributed by atoms with Crippen LogP contribution in [0.2, 0.25) is 0 Å². The maximum atomic E-state index is 9.61. The topological polar surface area (TPSA) is 77.4 Å². The van der Waals surface area contributed by atoms with Gasteiger partial charge in [-0.15, -0.1) is 0 Å². The van der Waals surface area contributed by atoms with Gasteiger partial charge in [-0.1, -0.05) is 17.4 Å². The molecule has 0 radical (unpaired) electrons. The average molecular weight is 342 g/mol. The van der Waals surface area contributed by atoms with Gasteiger partial charge in [0.15, 0.2) is 16.6 Å². The number of benzene rings is 1. The zero-order valence-electron chi connectivity index (χ0n) is 13.3. The van der Waals surface area contributed by atoms with Crippen molar-refractivity contribution < 1.29 is 5.11 Å². The van der Waals surface area contributed by atoms with E-state index in [0.717, 1.165) is 41.7 Å². The molecule has 1 fully saturated rings. The molecule has 2 N–H and O–H groups in total. The van der Waals surface area contributed by atoms with Crippen LogP contribution in [-0.2, 0) is 0 Å². The molecule has 2 aromatic heterocycles. The van der Waals surface area contributed by atoms with E-state index in [4.69, 9.17) is 0 Å². The second-order valence-corrected chi connectivity index (χ2v) is 6.81. The fourth-order valence-electron chi connectivity index (χ4n) is 2.69. The number of nitrogens with zero attached hydrogens (tertiary/aromatic N) is 5. The molecule has 3 heterocycles. The molecular weight excluding hydrogens is 324 g/mol. The first-order valence-corrected chi connectivity index (χ1v) is 8.62. The van der Waals surface area contributed by atoms with Crippen molar-refractivity contribution in [3.8, 4) is 5.75 Å². The van der Waals surface area contributed by atoms with Crippen molar-refractivity contribution in [1.82, 2.24) is 19.9 Å². The van der Waals surface area contributed by atoms with E-state index in [1.807, 2.05) is 6.07 Å². The number of likely N-dealkylation sites (N-methyl/N-ethyl adjacent to an activating group) is 1. The number of phenolic OH excluding ortho intramolecular Hbond substituents is 1. The van der Waals surface area contributed by atoms with E-state index in [1.54, 1.807) is 29.5 Å². The number of piperazine rings is 1. The second kappa shape index (κ2) is 6.21. The predicted octanol–water partition coefficient (Wildman–Crippen LogP) is 2.29. The molecule has 0 amide bonds. The van der Waals surface area contributed by atoms with Crippen LogP contribution in [0.5, 0.6) is 5.75 Å². The molecule has 3 aromatic rings. The Labute approximate surface area is 143 Å². The van der Waals surface area contributed by atoms with Gasteiger partial charge >= 0.3 is 0 Å². The van der Waals surface area contributed by atoms with Gasteiger partial charge < -0.3 is 20.2 Å². The van der Waals surface area contributed by atoms with E-state index >= 15 is 0 Å². The van der Waals surface area contributed by atoms with Gasteiger partial charge in [-0.2, -0.15) is 4.98 Å². The third-order valence-corrected chi connectivity index (χ3v) is 5.17. The minimum Gasteiger partial charge on any atom is -0.508 e. The number of aromatic hydroxyl groups is 1. The summed E-state index contributed by atoms with van der Waals surface area (Å²) in [5.41, 5.74) is 1.48.